The molecular formula is C25H26F3NO4S. The zero-order valence-electron chi connectivity index (χ0n) is 18.9. The van der Waals surface area contributed by atoms with Crippen LogP contribution in [0.1, 0.15) is 24.5 Å². The number of hydrogen-bond acceptors (Lipinski definition) is 6. The summed E-state index contributed by atoms with van der Waals surface area (Å²) in [7, 11) is 0. The van der Waals surface area contributed by atoms with Crippen LogP contribution in [0.3, 0.4) is 0 Å². The smallest absolute Gasteiger partial charge is 0.416 e. The van der Waals surface area contributed by atoms with Crippen LogP contribution >= 0.6 is 11.8 Å². The lowest BCUT2D eigenvalue weighted by Crippen LogP contribution is -2.42. The van der Waals surface area contributed by atoms with Crippen LogP contribution in [0.5, 0.6) is 11.5 Å². The Balaban J connectivity index is 1.53. The van der Waals surface area contributed by atoms with Crippen LogP contribution in [0, 0.1) is 24.2 Å². The van der Waals surface area contributed by atoms with Crippen molar-refractivity contribution in [3.63, 3.8) is 0 Å². The maximum Gasteiger partial charge on any atom is 0.416 e. The van der Waals surface area contributed by atoms with E-state index in [4.69, 9.17) is 24.2 Å². The van der Waals surface area contributed by atoms with Crippen molar-refractivity contribution in [2.75, 3.05) is 19.0 Å². The highest BCUT2D eigenvalue weighted by molar-refractivity contribution is 7.99. The average Bonchev–Trinajstić information content (AvgIpc) is 2.78. The summed E-state index contributed by atoms with van der Waals surface area (Å²) in [5.74, 6) is 1.90. The molecule has 0 saturated carbocycles. The predicted molar refractivity (Wildman–Crippen MR) is 123 cm³/mol. The Kier molecular flexibility index (Phi) is 9.28. The Morgan fingerprint density at radius 2 is 1.88 bits per heavy atom. The van der Waals surface area contributed by atoms with Crippen molar-refractivity contribution < 1.29 is 32.1 Å². The molecule has 1 unspecified atom stereocenters. The largest absolute Gasteiger partial charge is 0.493 e. The fourth-order valence-electron chi connectivity index (χ4n) is 3.21. The molecular weight excluding hydrogens is 467 g/mol. The maximum absolute atomic E-state index is 12.7. The third-order valence-corrected chi connectivity index (χ3v) is 6.25. The van der Waals surface area contributed by atoms with Crippen molar-refractivity contribution in [1.82, 2.24) is 0 Å². The van der Waals surface area contributed by atoms with Crippen molar-refractivity contribution in [2.45, 2.75) is 43.9 Å². The molecule has 0 spiro atoms. The van der Waals surface area contributed by atoms with E-state index in [1.54, 1.807) is 17.8 Å². The van der Waals surface area contributed by atoms with Crippen molar-refractivity contribution in [3.05, 3.63) is 65.7 Å². The first-order chi connectivity index (χ1) is 16.2. The molecule has 182 valence electrons. The standard InChI is InChI=1S/C25H26F3NO4S/c1-17-13-22(10-11-23(17)31-15-24-32-18(2)33-24)34-16-19(5-3-4-12-29)14-30-21-8-6-20(7-9-21)25(26,27)28/h3-4,6-11,13,18-19,24H,5,14-16H2,1-2H3/b4-3-. The first-order valence-corrected chi connectivity index (χ1v) is 11.7. The molecule has 0 aliphatic carbocycles. The van der Waals surface area contributed by atoms with Gasteiger partial charge in [0.1, 0.15) is 18.1 Å². The molecule has 5 nitrogen and oxygen atoms in total. The molecule has 2 aromatic carbocycles. The quantitative estimate of drug-likeness (QED) is 0.268. The third kappa shape index (κ3) is 7.97. The molecule has 1 aliphatic rings. The topological polar surface area (TPSA) is 60.7 Å². The van der Waals surface area contributed by atoms with E-state index in [-0.39, 0.29) is 18.5 Å². The van der Waals surface area contributed by atoms with E-state index in [2.05, 4.69) is 0 Å². The van der Waals surface area contributed by atoms with Gasteiger partial charge >= 0.3 is 6.18 Å². The summed E-state index contributed by atoms with van der Waals surface area (Å²) in [6, 6.07) is 12.5. The summed E-state index contributed by atoms with van der Waals surface area (Å²) in [5.41, 5.74) is 0.272. The Bertz CT molecular complexity index is 999. The lowest BCUT2D eigenvalue weighted by Gasteiger charge is -2.33. The predicted octanol–water partition coefficient (Wildman–Crippen LogP) is 6.37. The van der Waals surface area contributed by atoms with Crippen LogP contribution in [0.25, 0.3) is 0 Å². The van der Waals surface area contributed by atoms with Crippen LogP contribution < -0.4 is 9.47 Å². The van der Waals surface area contributed by atoms with E-state index in [0.717, 1.165) is 28.3 Å². The van der Waals surface area contributed by atoms with E-state index < -0.39 is 11.7 Å². The number of allylic oxidation sites excluding steroid dienone is 2. The Morgan fingerprint density at radius 3 is 2.50 bits per heavy atom. The summed E-state index contributed by atoms with van der Waals surface area (Å²) in [6.45, 7) is 4.43. The molecule has 34 heavy (non-hydrogen) atoms. The fraction of sp³-hybridized carbons (Fsp3) is 0.400. The molecule has 0 radical (unpaired) electrons. The van der Waals surface area contributed by atoms with Crippen LogP contribution in [-0.2, 0) is 15.7 Å². The summed E-state index contributed by atoms with van der Waals surface area (Å²) in [5, 5.41) is 8.76. The first kappa shape index (κ1) is 25.9. The highest BCUT2D eigenvalue weighted by Crippen LogP contribution is 2.31. The van der Waals surface area contributed by atoms with Gasteiger partial charge in [0.25, 0.3) is 0 Å². The van der Waals surface area contributed by atoms with Gasteiger partial charge in [-0.3, -0.25) is 0 Å². The number of thioether (sulfide) groups is 1. The maximum atomic E-state index is 12.7. The van der Waals surface area contributed by atoms with E-state index in [0.29, 0.717) is 31.1 Å². The number of nitrogens with zero attached hydrogens (tertiary/aromatic N) is 1. The second-order valence-electron chi connectivity index (χ2n) is 7.79. The number of alkyl halides is 3. The normalized spacial score (nSPS) is 18.8. The van der Waals surface area contributed by atoms with Crippen LogP contribution in [0.15, 0.2) is 59.5 Å². The van der Waals surface area contributed by atoms with Crippen molar-refractivity contribution >= 4 is 11.8 Å². The number of nitriles is 1. The van der Waals surface area contributed by atoms with Gasteiger partial charge in [0.2, 0.25) is 0 Å². The highest BCUT2D eigenvalue weighted by Gasteiger charge is 2.30. The number of ether oxygens (including phenoxy) is 4. The molecule has 2 aromatic rings. The molecule has 1 atom stereocenters. The fourth-order valence-corrected chi connectivity index (χ4v) is 4.30. The molecule has 1 fully saturated rings. The second-order valence-corrected chi connectivity index (χ2v) is 8.88. The minimum Gasteiger partial charge on any atom is -0.493 e. The Hall–Kier alpha value is -2.67. The first-order valence-electron chi connectivity index (χ1n) is 10.8. The summed E-state index contributed by atoms with van der Waals surface area (Å²) >= 11 is 1.64. The Morgan fingerprint density at radius 1 is 1.15 bits per heavy atom. The van der Waals surface area contributed by atoms with Gasteiger partial charge in [-0.1, -0.05) is 6.08 Å². The lowest BCUT2D eigenvalue weighted by atomic mass is 10.1. The summed E-state index contributed by atoms with van der Waals surface area (Å²) in [4.78, 5) is 1.05. The molecule has 0 aromatic heterocycles. The molecule has 1 aliphatic heterocycles. The van der Waals surface area contributed by atoms with E-state index in [1.807, 2.05) is 38.1 Å². The SMILES string of the molecule is Cc1cc(SCC(C/C=C\C#N)COc2ccc(C(F)(F)F)cc2)ccc1OCC1OC(C)O1. The van der Waals surface area contributed by atoms with Crippen LogP contribution in [-0.4, -0.2) is 31.5 Å². The Labute approximate surface area is 201 Å². The zero-order valence-corrected chi connectivity index (χ0v) is 19.7. The van der Waals surface area contributed by atoms with Gasteiger partial charge < -0.3 is 18.9 Å². The third-order valence-electron chi connectivity index (χ3n) is 5.02. The molecule has 0 amide bonds. The van der Waals surface area contributed by atoms with Gasteiger partial charge in [-0.15, -0.1) is 11.8 Å². The van der Waals surface area contributed by atoms with Gasteiger partial charge in [0, 0.05) is 22.6 Å². The summed E-state index contributed by atoms with van der Waals surface area (Å²) in [6.07, 6.45) is -1.10. The number of benzene rings is 2. The zero-order chi connectivity index (χ0) is 24.6. The van der Waals surface area contributed by atoms with Crippen molar-refractivity contribution in [3.8, 4) is 17.6 Å². The summed E-state index contributed by atoms with van der Waals surface area (Å²) < 4.78 is 60.4. The van der Waals surface area contributed by atoms with Gasteiger partial charge in [-0.05, 0) is 68.3 Å². The highest BCUT2D eigenvalue weighted by atomic mass is 32.2. The molecule has 9 heteroatoms. The van der Waals surface area contributed by atoms with E-state index >= 15 is 0 Å². The van der Waals surface area contributed by atoms with Gasteiger partial charge in [0.05, 0.1) is 18.2 Å². The van der Waals surface area contributed by atoms with Gasteiger partial charge in [-0.25, -0.2) is 0 Å². The van der Waals surface area contributed by atoms with Crippen LogP contribution in [0.2, 0.25) is 0 Å². The molecule has 1 heterocycles. The number of aryl methyl sites for hydroxylation is 1. The average molecular weight is 494 g/mol. The molecule has 1 saturated heterocycles. The van der Waals surface area contributed by atoms with E-state index in [9.17, 15) is 13.2 Å². The van der Waals surface area contributed by atoms with E-state index in [1.165, 1.54) is 18.2 Å². The minimum absolute atomic E-state index is 0.0584. The number of halogens is 3. The molecule has 3 rings (SSSR count). The van der Waals surface area contributed by atoms with Crippen LogP contribution in [0.4, 0.5) is 13.2 Å². The molecule has 0 bridgehead atoms. The van der Waals surface area contributed by atoms with Crippen molar-refractivity contribution in [1.29, 1.82) is 5.26 Å². The lowest BCUT2D eigenvalue weighted by molar-refractivity contribution is -0.380. The van der Waals surface area contributed by atoms with Crippen molar-refractivity contribution in [2.24, 2.45) is 5.92 Å². The second kappa shape index (κ2) is 12.2. The number of rotatable bonds is 11. The monoisotopic (exact) mass is 493 g/mol. The van der Waals surface area contributed by atoms with Gasteiger partial charge in [0.15, 0.2) is 12.6 Å². The minimum atomic E-state index is -4.38. The van der Waals surface area contributed by atoms with Gasteiger partial charge in [-0.2, -0.15) is 18.4 Å². The number of hydrogen-bond donors (Lipinski definition) is 0. The molecule has 0 N–H and O–H groups in total.